The summed E-state index contributed by atoms with van der Waals surface area (Å²) in [6, 6.07) is 0.888. The van der Waals surface area contributed by atoms with E-state index in [4.69, 9.17) is 4.74 Å². The van der Waals surface area contributed by atoms with E-state index in [9.17, 15) is 4.79 Å². The van der Waals surface area contributed by atoms with Gasteiger partial charge >= 0.3 is 0 Å². The fourth-order valence-corrected chi connectivity index (χ4v) is 3.15. The molecule has 0 aromatic carbocycles. The number of hydrogen-bond acceptors (Lipinski definition) is 3. The van der Waals surface area contributed by atoms with Crippen LogP contribution in [0.3, 0.4) is 0 Å². The van der Waals surface area contributed by atoms with E-state index in [1.807, 2.05) is 0 Å². The summed E-state index contributed by atoms with van der Waals surface area (Å²) in [5.41, 5.74) is 0.200. The largest absolute Gasteiger partial charge is 0.375 e. The van der Waals surface area contributed by atoms with Crippen molar-refractivity contribution >= 4 is 5.91 Å². The van der Waals surface area contributed by atoms with Crippen molar-refractivity contribution < 1.29 is 9.53 Å². The number of hydrogen-bond donors (Lipinski definition) is 2. The van der Waals surface area contributed by atoms with Gasteiger partial charge in [-0.1, -0.05) is 0 Å². The maximum absolute atomic E-state index is 11.1. The average Bonchev–Trinajstić information content (AvgIpc) is 2.62. The lowest BCUT2D eigenvalue weighted by Crippen LogP contribution is -2.53. The Hall–Kier alpha value is -0.610. The summed E-state index contributed by atoms with van der Waals surface area (Å²) < 4.78 is 5.89. The van der Waals surface area contributed by atoms with Gasteiger partial charge in [0.05, 0.1) is 5.60 Å². The lowest BCUT2D eigenvalue weighted by atomic mass is 9.74. The molecule has 90 valence electrons. The molecule has 16 heavy (non-hydrogen) atoms. The molecule has 4 nitrogen and oxygen atoms in total. The van der Waals surface area contributed by atoms with Crippen LogP contribution in [0.4, 0.5) is 0 Å². The van der Waals surface area contributed by atoms with Gasteiger partial charge < -0.3 is 15.4 Å². The number of carbonyl (C=O) groups excluding carboxylic acids is 1. The van der Waals surface area contributed by atoms with Gasteiger partial charge in [-0.3, -0.25) is 4.79 Å². The molecule has 0 radical (unpaired) electrons. The molecule has 1 saturated carbocycles. The summed E-state index contributed by atoms with van der Waals surface area (Å²) in [5, 5.41) is 6.48. The second kappa shape index (κ2) is 4.00. The molecule has 2 saturated heterocycles. The van der Waals surface area contributed by atoms with Crippen molar-refractivity contribution in [2.24, 2.45) is 0 Å². The van der Waals surface area contributed by atoms with Crippen molar-refractivity contribution in [1.29, 1.82) is 0 Å². The van der Waals surface area contributed by atoms with Gasteiger partial charge in [0.2, 0.25) is 5.91 Å². The topological polar surface area (TPSA) is 50.4 Å². The third kappa shape index (κ3) is 1.96. The molecule has 3 aliphatic rings. The van der Waals surface area contributed by atoms with Gasteiger partial charge in [0.1, 0.15) is 0 Å². The van der Waals surface area contributed by atoms with E-state index in [-0.39, 0.29) is 11.5 Å². The third-order valence-corrected chi connectivity index (χ3v) is 4.21. The third-order valence-electron chi connectivity index (χ3n) is 4.21. The Labute approximate surface area is 96.1 Å². The summed E-state index contributed by atoms with van der Waals surface area (Å²) in [6.07, 6.45) is 6.64. The van der Waals surface area contributed by atoms with Crippen LogP contribution in [0.5, 0.6) is 0 Å². The maximum atomic E-state index is 11.1. The van der Waals surface area contributed by atoms with Crippen molar-refractivity contribution in [3.63, 3.8) is 0 Å². The fraction of sp³-hybridized carbons (Fsp3) is 0.917. The van der Waals surface area contributed by atoms with Crippen molar-refractivity contribution in [2.45, 2.75) is 56.2 Å². The first-order valence-electron chi connectivity index (χ1n) is 6.43. The maximum Gasteiger partial charge on any atom is 0.221 e. The first-order chi connectivity index (χ1) is 7.76. The quantitative estimate of drug-likeness (QED) is 0.721. The summed E-state index contributed by atoms with van der Waals surface area (Å²) >= 11 is 0. The van der Waals surface area contributed by atoms with Crippen molar-refractivity contribution in [1.82, 2.24) is 10.6 Å². The zero-order valence-corrected chi connectivity index (χ0v) is 9.63. The molecule has 2 atom stereocenters. The van der Waals surface area contributed by atoms with E-state index in [0.717, 1.165) is 26.0 Å². The fourth-order valence-electron chi connectivity index (χ4n) is 3.15. The van der Waals surface area contributed by atoms with Gasteiger partial charge in [-0.15, -0.1) is 0 Å². The Balaban J connectivity index is 1.53. The molecule has 2 N–H and O–H groups in total. The second-order valence-electron chi connectivity index (χ2n) is 5.45. The van der Waals surface area contributed by atoms with Gasteiger partial charge in [-0.2, -0.15) is 0 Å². The monoisotopic (exact) mass is 224 g/mol. The average molecular weight is 224 g/mol. The van der Waals surface area contributed by atoms with Gasteiger partial charge in [0, 0.05) is 31.7 Å². The zero-order valence-electron chi connectivity index (χ0n) is 9.63. The van der Waals surface area contributed by atoms with Gasteiger partial charge in [-0.05, 0) is 32.1 Å². The highest BCUT2D eigenvalue weighted by Crippen LogP contribution is 2.42. The first-order valence-corrected chi connectivity index (χ1v) is 6.43. The Morgan fingerprint density at radius 1 is 1.38 bits per heavy atom. The van der Waals surface area contributed by atoms with Crippen LogP contribution < -0.4 is 10.6 Å². The van der Waals surface area contributed by atoms with E-state index < -0.39 is 0 Å². The molecule has 1 amide bonds. The Morgan fingerprint density at radius 2 is 2.25 bits per heavy atom. The summed E-state index contributed by atoms with van der Waals surface area (Å²) in [6.45, 7) is 1.68. The number of rotatable bonds is 2. The van der Waals surface area contributed by atoms with E-state index >= 15 is 0 Å². The molecule has 0 bridgehead atoms. The molecule has 1 aliphatic carbocycles. The minimum Gasteiger partial charge on any atom is -0.375 e. The standard InChI is InChI=1S/C12H20N2O2/c15-11-6-10(8-13-11)14-9-2-5-16-12(7-9)3-1-4-12/h9-10,14H,1-8H2,(H,13,15). The molecular weight excluding hydrogens is 204 g/mol. The molecular formula is C12H20N2O2. The van der Waals surface area contributed by atoms with Crippen LogP contribution in [-0.4, -0.2) is 36.7 Å². The summed E-state index contributed by atoms with van der Waals surface area (Å²) in [4.78, 5) is 11.1. The van der Waals surface area contributed by atoms with Crippen LogP contribution >= 0.6 is 0 Å². The van der Waals surface area contributed by atoms with Crippen LogP contribution in [0.2, 0.25) is 0 Å². The normalized spacial score (nSPS) is 37.1. The number of nitrogens with one attached hydrogen (secondary N) is 2. The zero-order chi connectivity index (χ0) is 11.0. The Bertz CT molecular complexity index is 289. The SMILES string of the molecule is O=C1CC(NC2CCOC3(CCC3)C2)CN1. The van der Waals surface area contributed by atoms with Crippen LogP contribution in [0.25, 0.3) is 0 Å². The van der Waals surface area contributed by atoms with Gasteiger partial charge in [-0.25, -0.2) is 0 Å². The smallest absolute Gasteiger partial charge is 0.221 e. The summed E-state index contributed by atoms with van der Waals surface area (Å²) in [5.74, 6) is 0.183. The molecule has 1 spiro atoms. The number of carbonyl (C=O) groups is 1. The van der Waals surface area contributed by atoms with E-state index in [2.05, 4.69) is 10.6 Å². The molecule has 4 heteroatoms. The van der Waals surface area contributed by atoms with Crippen molar-refractivity contribution in [2.75, 3.05) is 13.2 Å². The molecule has 2 unspecified atom stereocenters. The first kappa shape index (κ1) is 10.5. The minimum absolute atomic E-state index is 0.183. The van der Waals surface area contributed by atoms with Crippen LogP contribution in [0, 0.1) is 0 Å². The van der Waals surface area contributed by atoms with Gasteiger partial charge in [0.15, 0.2) is 0 Å². The van der Waals surface area contributed by atoms with E-state index in [0.29, 0.717) is 18.5 Å². The molecule has 3 rings (SSSR count). The van der Waals surface area contributed by atoms with Crippen molar-refractivity contribution in [3.05, 3.63) is 0 Å². The van der Waals surface area contributed by atoms with Crippen LogP contribution in [0.1, 0.15) is 38.5 Å². The highest BCUT2D eigenvalue weighted by atomic mass is 16.5. The van der Waals surface area contributed by atoms with Gasteiger partial charge in [0.25, 0.3) is 0 Å². The predicted molar refractivity (Wildman–Crippen MR) is 60.1 cm³/mol. The molecule has 0 aromatic heterocycles. The van der Waals surface area contributed by atoms with E-state index in [1.165, 1.54) is 19.3 Å². The molecule has 2 heterocycles. The lowest BCUT2D eigenvalue weighted by molar-refractivity contribution is -0.136. The highest BCUT2D eigenvalue weighted by molar-refractivity contribution is 5.78. The molecule has 2 aliphatic heterocycles. The van der Waals surface area contributed by atoms with Crippen molar-refractivity contribution in [3.8, 4) is 0 Å². The lowest BCUT2D eigenvalue weighted by Gasteiger charge is -2.47. The predicted octanol–water partition coefficient (Wildman–Crippen LogP) is 0.566. The van der Waals surface area contributed by atoms with Crippen LogP contribution in [-0.2, 0) is 9.53 Å². The molecule has 0 aromatic rings. The van der Waals surface area contributed by atoms with Crippen LogP contribution in [0.15, 0.2) is 0 Å². The number of ether oxygens (including phenoxy) is 1. The number of amides is 1. The second-order valence-corrected chi connectivity index (χ2v) is 5.45. The Kier molecular flexibility index (Phi) is 2.64. The Morgan fingerprint density at radius 3 is 2.88 bits per heavy atom. The minimum atomic E-state index is 0.183. The van der Waals surface area contributed by atoms with E-state index in [1.54, 1.807) is 0 Å². The molecule has 3 fully saturated rings. The summed E-state index contributed by atoms with van der Waals surface area (Å²) in [7, 11) is 0. The highest BCUT2D eigenvalue weighted by Gasteiger charge is 2.43.